The van der Waals surface area contributed by atoms with Gasteiger partial charge in [-0.2, -0.15) is 0 Å². The minimum absolute atomic E-state index is 0. The predicted octanol–water partition coefficient (Wildman–Crippen LogP) is 0.582. The molecule has 0 aromatic rings. The highest BCUT2D eigenvalue weighted by Gasteiger charge is 2.38. The van der Waals surface area contributed by atoms with Crippen molar-refractivity contribution in [1.29, 1.82) is 0 Å². The first kappa shape index (κ1) is 19.2. The fraction of sp³-hybridized carbons (Fsp3) is 0.867. The minimum atomic E-state index is -0.569. The predicted molar refractivity (Wildman–Crippen MR) is 86.7 cm³/mol. The number of hydrogen-bond acceptors (Lipinski definition) is 4. The van der Waals surface area contributed by atoms with Crippen LogP contribution in [-0.2, 0) is 14.3 Å². The van der Waals surface area contributed by atoms with Crippen LogP contribution < -0.4 is 16.4 Å². The Kier molecular flexibility index (Phi) is 7.59. The number of halogens is 1. The highest BCUT2D eigenvalue weighted by Crippen LogP contribution is 2.34. The summed E-state index contributed by atoms with van der Waals surface area (Å²) in [5.41, 5.74) is 5.74. The van der Waals surface area contributed by atoms with Crippen LogP contribution in [0.3, 0.4) is 0 Å². The lowest BCUT2D eigenvalue weighted by atomic mass is 9.82. The second-order valence-corrected chi connectivity index (χ2v) is 6.45. The number of ether oxygens (including phenoxy) is 1. The fourth-order valence-corrected chi connectivity index (χ4v) is 3.20. The first-order valence-electron chi connectivity index (χ1n) is 7.93. The number of fused-ring (bicyclic) bond motifs is 1. The summed E-state index contributed by atoms with van der Waals surface area (Å²) in [6.07, 6.45) is 4.48. The molecule has 0 spiro atoms. The maximum Gasteiger partial charge on any atom is 0.239 e. The lowest BCUT2D eigenvalue weighted by molar-refractivity contribution is -0.128. The molecule has 0 aromatic heterocycles. The van der Waals surface area contributed by atoms with E-state index in [-0.39, 0.29) is 42.7 Å². The van der Waals surface area contributed by atoms with Crippen molar-refractivity contribution >= 4 is 24.2 Å². The number of hydrogen-bond donors (Lipinski definition) is 3. The number of rotatable bonds is 5. The van der Waals surface area contributed by atoms with Crippen molar-refractivity contribution in [2.24, 2.45) is 17.6 Å². The highest BCUT2D eigenvalue weighted by atomic mass is 35.5. The van der Waals surface area contributed by atoms with Crippen molar-refractivity contribution in [3.8, 4) is 0 Å². The van der Waals surface area contributed by atoms with E-state index in [0.717, 1.165) is 32.3 Å². The van der Waals surface area contributed by atoms with E-state index < -0.39 is 6.04 Å². The third kappa shape index (κ3) is 4.83. The van der Waals surface area contributed by atoms with Crippen LogP contribution >= 0.6 is 12.4 Å². The molecule has 4 atom stereocenters. The quantitative estimate of drug-likeness (QED) is 0.686. The summed E-state index contributed by atoms with van der Waals surface area (Å²) in [7, 11) is 0. The molecule has 6 nitrogen and oxygen atoms in total. The Balaban J connectivity index is 0.00000242. The summed E-state index contributed by atoms with van der Waals surface area (Å²) in [5.74, 6) is 0.0712. The normalized spacial score (nSPS) is 28.5. The second kappa shape index (κ2) is 8.70. The van der Waals surface area contributed by atoms with Gasteiger partial charge in [-0.1, -0.05) is 13.8 Å². The lowest BCUT2D eigenvalue weighted by Gasteiger charge is -2.33. The summed E-state index contributed by atoms with van der Waals surface area (Å²) in [6.45, 7) is 4.55. The van der Waals surface area contributed by atoms with E-state index in [1.54, 1.807) is 0 Å². The van der Waals surface area contributed by atoms with Crippen LogP contribution in [0.2, 0.25) is 0 Å². The first-order valence-corrected chi connectivity index (χ1v) is 7.93. The highest BCUT2D eigenvalue weighted by molar-refractivity contribution is 5.87. The molecule has 1 aliphatic carbocycles. The van der Waals surface area contributed by atoms with Gasteiger partial charge in [-0.3, -0.25) is 9.59 Å². The molecule has 2 rings (SSSR count). The van der Waals surface area contributed by atoms with Crippen molar-refractivity contribution in [2.45, 2.75) is 57.7 Å². The number of carbonyl (C=O) groups excluding carboxylic acids is 2. The molecule has 1 heterocycles. The smallest absolute Gasteiger partial charge is 0.239 e. The van der Waals surface area contributed by atoms with E-state index in [0.29, 0.717) is 12.0 Å². The Labute approximate surface area is 138 Å². The molecule has 22 heavy (non-hydrogen) atoms. The van der Waals surface area contributed by atoms with Gasteiger partial charge in [-0.15, -0.1) is 12.4 Å². The Bertz CT molecular complexity index is 392. The van der Waals surface area contributed by atoms with Crippen LogP contribution in [0.1, 0.15) is 39.5 Å². The summed E-state index contributed by atoms with van der Waals surface area (Å²) < 4.78 is 5.69. The Morgan fingerprint density at radius 3 is 2.68 bits per heavy atom. The topological polar surface area (TPSA) is 93.5 Å². The molecule has 0 bridgehead atoms. The third-order valence-electron chi connectivity index (χ3n) is 4.57. The zero-order valence-corrected chi connectivity index (χ0v) is 14.2. The van der Waals surface area contributed by atoms with Gasteiger partial charge in [0.2, 0.25) is 11.8 Å². The van der Waals surface area contributed by atoms with Crippen LogP contribution in [0.4, 0.5) is 0 Å². The van der Waals surface area contributed by atoms with Crippen LogP contribution in [0.15, 0.2) is 0 Å². The molecule has 0 aromatic carbocycles. The van der Waals surface area contributed by atoms with E-state index in [1.165, 1.54) is 0 Å². The molecule has 4 N–H and O–H groups in total. The van der Waals surface area contributed by atoms with Gasteiger partial charge in [0.05, 0.1) is 18.7 Å². The third-order valence-corrected chi connectivity index (χ3v) is 4.57. The largest absolute Gasteiger partial charge is 0.378 e. The molecule has 1 saturated heterocycles. The Hall–Kier alpha value is -0.850. The number of nitrogens with one attached hydrogen (secondary N) is 2. The molecule has 3 unspecified atom stereocenters. The molecule has 128 valence electrons. The van der Waals surface area contributed by atoms with Crippen molar-refractivity contribution < 1.29 is 14.3 Å². The first-order chi connectivity index (χ1) is 9.99. The standard InChI is InChI=1S/C15H27N3O3.ClH/c1-9(2)14(16)15(20)17-8-13(19)18-11-4-3-5-12-10(11)6-7-21-12;/h9-12,14H,3-8,16H2,1-2H3,(H,17,20)(H,18,19);1H/t10?,11?,12?,14-;/m0./s1. The van der Waals surface area contributed by atoms with E-state index in [1.807, 2.05) is 13.8 Å². The van der Waals surface area contributed by atoms with Gasteiger partial charge in [0.15, 0.2) is 0 Å². The van der Waals surface area contributed by atoms with Gasteiger partial charge >= 0.3 is 0 Å². The van der Waals surface area contributed by atoms with E-state index >= 15 is 0 Å². The molecule has 1 saturated carbocycles. The molecule has 7 heteroatoms. The molecule has 2 amide bonds. The zero-order valence-electron chi connectivity index (χ0n) is 13.3. The van der Waals surface area contributed by atoms with E-state index in [4.69, 9.17) is 10.5 Å². The molecule has 1 aliphatic heterocycles. The van der Waals surface area contributed by atoms with Gasteiger partial charge in [0.1, 0.15) is 0 Å². The van der Waals surface area contributed by atoms with Crippen molar-refractivity contribution in [3.05, 3.63) is 0 Å². The van der Waals surface area contributed by atoms with Crippen LogP contribution in [0.5, 0.6) is 0 Å². The number of amides is 2. The molecular formula is C15H28ClN3O3. The van der Waals surface area contributed by atoms with Crippen LogP contribution in [0.25, 0.3) is 0 Å². The van der Waals surface area contributed by atoms with Gasteiger partial charge in [-0.05, 0) is 31.6 Å². The average molecular weight is 334 g/mol. The molecule has 0 radical (unpaired) electrons. The lowest BCUT2D eigenvalue weighted by Crippen LogP contribution is -2.51. The average Bonchev–Trinajstić information content (AvgIpc) is 2.93. The maximum atomic E-state index is 12.0. The zero-order chi connectivity index (χ0) is 15.4. The Morgan fingerprint density at radius 1 is 1.27 bits per heavy atom. The van der Waals surface area contributed by atoms with Crippen molar-refractivity contribution in [1.82, 2.24) is 10.6 Å². The summed E-state index contributed by atoms with van der Waals surface area (Å²) in [4.78, 5) is 23.7. The van der Waals surface area contributed by atoms with Crippen LogP contribution in [-0.4, -0.2) is 43.2 Å². The number of carbonyl (C=O) groups is 2. The number of nitrogens with two attached hydrogens (primary N) is 1. The van der Waals surface area contributed by atoms with E-state index in [9.17, 15) is 9.59 Å². The molecule has 2 fully saturated rings. The van der Waals surface area contributed by atoms with Gasteiger partial charge in [0, 0.05) is 18.6 Å². The van der Waals surface area contributed by atoms with Crippen LogP contribution in [0, 0.1) is 11.8 Å². The van der Waals surface area contributed by atoms with Crippen molar-refractivity contribution in [3.63, 3.8) is 0 Å². The van der Waals surface area contributed by atoms with Crippen molar-refractivity contribution in [2.75, 3.05) is 13.2 Å². The molecular weight excluding hydrogens is 306 g/mol. The SMILES string of the molecule is CC(C)[C@H](N)C(=O)NCC(=O)NC1CCCC2OCCC12.Cl. The summed E-state index contributed by atoms with van der Waals surface area (Å²) in [6, 6.07) is -0.394. The monoisotopic (exact) mass is 333 g/mol. The Morgan fingerprint density at radius 2 is 2.00 bits per heavy atom. The van der Waals surface area contributed by atoms with Gasteiger partial charge in [-0.25, -0.2) is 0 Å². The summed E-state index contributed by atoms with van der Waals surface area (Å²) >= 11 is 0. The molecule has 2 aliphatic rings. The van der Waals surface area contributed by atoms with Gasteiger partial charge in [0.25, 0.3) is 0 Å². The minimum Gasteiger partial charge on any atom is -0.378 e. The van der Waals surface area contributed by atoms with Gasteiger partial charge < -0.3 is 21.1 Å². The summed E-state index contributed by atoms with van der Waals surface area (Å²) in [5, 5.41) is 5.64. The fourth-order valence-electron chi connectivity index (χ4n) is 3.20. The maximum absolute atomic E-state index is 12.0. The second-order valence-electron chi connectivity index (χ2n) is 6.45. The van der Waals surface area contributed by atoms with E-state index in [2.05, 4.69) is 10.6 Å².